The molecule has 1 aliphatic rings. The van der Waals surface area contributed by atoms with Crippen molar-refractivity contribution >= 4 is 5.97 Å². The van der Waals surface area contributed by atoms with E-state index in [0.29, 0.717) is 39.1 Å². The van der Waals surface area contributed by atoms with Gasteiger partial charge in [-0.1, -0.05) is 30.3 Å². The van der Waals surface area contributed by atoms with Crippen molar-refractivity contribution in [1.82, 2.24) is 0 Å². The SMILES string of the molecule is CCOC(=O)CCC1(Cc2ccccc2)OCCO1. The summed E-state index contributed by atoms with van der Waals surface area (Å²) in [7, 11) is 0. The third-order valence-corrected chi connectivity index (χ3v) is 3.15. The zero-order chi connectivity index (χ0) is 13.6. The van der Waals surface area contributed by atoms with E-state index >= 15 is 0 Å². The minimum atomic E-state index is -0.673. The second kappa shape index (κ2) is 6.68. The second-order valence-electron chi connectivity index (χ2n) is 4.58. The number of benzene rings is 1. The van der Waals surface area contributed by atoms with Crippen LogP contribution in [-0.4, -0.2) is 31.6 Å². The van der Waals surface area contributed by atoms with Gasteiger partial charge in [0.1, 0.15) is 0 Å². The van der Waals surface area contributed by atoms with Crippen LogP contribution >= 0.6 is 0 Å². The lowest BCUT2D eigenvalue weighted by molar-refractivity contribution is -0.169. The third kappa shape index (κ3) is 4.04. The number of carbonyl (C=O) groups is 1. The fourth-order valence-corrected chi connectivity index (χ4v) is 2.26. The van der Waals surface area contributed by atoms with Crippen molar-refractivity contribution in [3.63, 3.8) is 0 Å². The van der Waals surface area contributed by atoms with Gasteiger partial charge in [0.2, 0.25) is 0 Å². The fraction of sp³-hybridized carbons (Fsp3) is 0.533. The maximum absolute atomic E-state index is 11.5. The summed E-state index contributed by atoms with van der Waals surface area (Å²) in [6.07, 6.45) is 1.51. The summed E-state index contributed by atoms with van der Waals surface area (Å²) in [4.78, 5) is 11.5. The Morgan fingerprint density at radius 1 is 1.26 bits per heavy atom. The van der Waals surface area contributed by atoms with Gasteiger partial charge in [-0.15, -0.1) is 0 Å². The summed E-state index contributed by atoms with van der Waals surface area (Å²) in [5.41, 5.74) is 1.15. The molecule has 0 aliphatic carbocycles. The van der Waals surface area contributed by atoms with E-state index in [4.69, 9.17) is 14.2 Å². The normalized spacial score (nSPS) is 17.3. The lowest BCUT2D eigenvalue weighted by atomic mass is 10.0. The zero-order valence-corrected chi connectivity index (χ0v) is 11.3. The molecule has 1 aromatic rings. The highest BCUT2D eigenvalue weighted by molar-refractivity contribution is 5.69. The lowest BCUT2D eigenvalue weighted by Crippen LogP contribution is -2.33. The van der Waals surface area contributed by atoms with Gasteiger partial charge in [-0.25, -0.2) is 0 Å². The Hall–Kier alpha value is -1.39. The number of ether oxygens (including phenoxy) is 3. The van der Waals surface area contributed by atoms with Gasteiger partial charge in [0.05, 0.1) is 26.2 Å². The first kappa shape index (κ1) is 14.0. The highest BCUT2D eigenvalue weighted by Crippen LogP contribution is 2.29. The van der Waals surface area contributed by atoms with Crippen LogP contribution in [0.1, 0.15) is 25.3 Å². The van der Waals surface area contributed by atoms with Gasteiger partial charge < -0.3 is 14.2 Å². The Labute approximate surface area is 113 Å². The Bertz CT molecular complexity index is 396. The predicted octanol–water partition coefficient (Wildman–Crippen LogP) is 2.32. The summed E-state index contributed by atoms with van der Waals surface area (Å²) in [5, 5.41) is 0. The maximum Gasteiger partial charge on any atom is 0.305 e. The molecule has 1 aliphatic heterocycles. The summed E-state index contributed by atoms with van der Waals surface area (Å²) in [5.74, 6) is -0.872. The number of esters is 1. The molecule has 4 nitrogen and oxygen atoms in total. The van der Waals surface area contributed by atoms with Crippen LogP contribution in [0.2, 0.25) is 0 Å². The Morgan fingerprint density at radius 3 is 2.58 bits per heavy atom. The first-order valence-corrected chi connectivity index (χ1v) is 6.71. The second-order valence-corrected chi connectivity index (χ2v) is 4.58. The minimum Gasteiger partial charge on any atom is -0.466 e. The Balaban J connectivity index is 1.96. The van der Waals surface area contributed by atoms with Crippen molar-refractivity contribution in [2.45, 2.75) is 32.0 Å². The highest BCUT2D eigenvalue weighted by atomic mass is 16.7. The summed E-state index contributed by atoms with van der Waals surface area (Å²) >= 11 is 0. The van der Waals surface area contributed by atoms with Gasteiger partial charge >= 0.3 is 5.97 Å². The van der Waals surface area contributed by atoms with E-state index in [2.05, 4.69) is 0 Å². The molecule has 0 saturated carbocycles. The number of rotatable bonds is 6. The standard InChI is InChI=1S/C15H20O4/c1-2-17-14(16)8-9-15(18-10-11-19-15)12-13-6-4-3-5-7-13/h3-7H,2,8-12H2,1H3. The van der Waals surface area contributed by atoms with Crippen LogP contribution in [0.3, 0.4) is 0 Å². The van der Waals surface area contributed by atoms with Crippen molar-refractivity contribution in [1.29, 1.82) is 0 Å². The molecule has 2 rings (SSSR count). The topological polar surface area (TPSA) is 44.8 Å². The molecular weight excluding hydrogens is 244 g/mol. The first-order valence-electron chi connectivity index (χ1n) is 6.71. The summed E-state index contributed by atoms with van der Waals surface area (Å²) < 4.78 is 16.4. The van der Waals surface area contributed by atoms with E-state index < -0.39 is 5.79 Å². The van der Waals surface area contributed by atoms with Crippen LogP contribution in [0, 0.1) is 0 Å². The Kier molecular flexibility index (Phi) is 4.93. The molecule has 0 atom stereocenters. The molecule has 104 valence electrons. The van der Waals surface area contributed by atoms with Crippen molar-refractivity contribution < 1.29 is 19.0 Å². The highest BCUT2D eigenvalue weighted by Gasteiger charge is 2.37. The molecular formula is C15H20O4. The van der Waals surface area contributed by atoms with Crippen LogP contribution in [0.5, 0.6) is 0 Å². The number of hydrogen-bond donors (Lipinski definition) is 0. The smallest absolute Gasteiger partial charge is 0.305 e. The molecule has 1 fully saturated rings. The van der Waals surface area contributed by atoms with Gasteiger partial charge in [-0.2, -0.15) is 0 Å². The first-order chi connectivity index (χ1) is 9.24. The molecule has 1 saturated heterocycles. The van der Waals surface area contributed by atoms with Crippen molar-refractivity contribution in [3.8, 4) is 0 Å². The van der Waals surface area contributed by atoms with Gasteiger partial charge in [0.25, 0.3) is 0 Å². The van der Waals surface area contributed by atoms with Crippen molar-refractivity contribution in [2.24, 2.45) is 0 Å². The van der Waals surface area contributed by atoms with Crippen molar-refractivity contribution in [3.05, 3.63) is 35.9 Å². The van der Waals surface area contributed by atoms with Gasteiger partial charge in [-0.3, -0.25) is 4.79 Å². The zero-order valence-electron chi connectivity index (χ0n) is 11.3. The molecule has 4 heteroatoms. The van der Waals surface area contributed by atoms with Crippen molar-refractivity contribution in [2.75, 3.05) is 19.8 Å². The molecule has 19 heavy (non-hydrogen) atoms. The maximum atomic E-state index is 11.5. The van der Waals surface area contributed by atoms with Crippen LogP contribution < -0.4 is 0 Å². The fourth-order valence-electron chi connectivity index (χ4n) is 2.26. The van der Waals surface area contributed by atoms with Crippen LogP contribution in [0.15, 0.2) is 30.3 Å². The molecule has 0 spiro atoms. The molecule has 1 heterocycles. The van der Waals surface area contributed by atoms with Gasteiger partial charge in [0.15, 0.2) is 5.79 Å². The van der Waals surface area contributed by atoms with Crippen LogP contribution in [0.4, 0.5) is 0 Å². The molecule has 0 radical (unpaired) electrons. The average Bonchev–Trinajstić information content (AvgIpc) is 2.87. The molecule has 1 aromatic carbocycles. The van der Waals surface area contributed by atoms with E-state index in [1.807, 2.05) is 30.3 Å². The molecule has 0 amide bonds. The van der Waals surface area contributed by atoms with E-state index in [0.717, 1.165) is 5.56 Å². The average molecular weight is 264 g/mol. The van der Waals surface area contributed by atoms with Crippen LogP contribution in [-0.2, 0) is 25.4 Å². The minimum absolute atomic E-state index is 0.200. The van der Waals surface area contributed by atoms with E-state index in [-0.39, 0.29) is 5.97 Å². The monoisotopic (exact) mass is 264 g/mol. The lowest BCUT2D eigenvalue weighted by Gasteiger charge is -2.27. The third-order valence-electron chi connectivity index (χ3n) is 3.15. The van der Waals surface area contributed by atoms with Gasteiger partial charge in [-0.05, 0) is 12.5 Å². The molecule has 0 aromatic heterocycles. The predicted molar refractivity (Wildman–Crippen MR) is 70.6 cm³/mol. The molecule has 0 N–H and O–H groups in total. The van der Waals surface area contributed by atoms with Crippen LogP contribution in [0.25, 0.3) is 0 Å². The number of hydrogen-bond acceptors (Lipinski definition) is 4. The number of carbonyl (C=O) groups excluding carboxylic acids is 1. The largest absolute Gasteiger partial charge is 0.466 e. The Morgan fingerprint density at radius 2 is 1.95 bits per heavy atom. The summed E-state index contributed by atoms with van der Waals surface area (Å²) in [6, 6.07) is 10.0. The van der Waals surface area contributed by atoms with E-state index in [1.54, 1.807) is 6.92 Å². The van der Waals surface area contributed by atoms with E-state index in [9.17, 15) is 4.79 Å². The van der Waals surface area contributed by atoms with Gasteiger partial charge in [0, 0.05) is 12.8 Å². The van der Waals surface area contributed by atoms with E-state index in [1.165, 1.54) is 0 Å². The quantitative estimate of drug-likeness (QED) is 0.740. The molecule has 0 unspecified atom stereocenters. The summed E-state index contributed by atoms with van der Waals surface area (Å²) in [6.45, 7) is 3.37. The molecule has 0 bridgehead atoms.